The van der Waals surface area contributed by atoms with Gasteiger partial charge in [-0.05, 0) is 53.9 Å². The molecule has 1 atom stereocenters. The average Bonchev–Trinajstić information content (AvgIpc) is 2.42. The molecule has 0 aliphatic rings. The summed E-state index contributed by atoms with van der Waals surface area (Å²) in [4.78, 5) is 0. The van der Waals surface area contributed by atoms with Gasteiger partial charge in [0.15, 0.2) is 0 Å². The highest BCUT2D eigenvalue weighted by Crippen LogP contribution is 2.30. The monoisotopic (exact) mass is 420 g/mol. The van der Waals surface area contributed by atoms with Crippen molar-refractivity contribution >= 4 is 43.5 Å². The van der Waals surface area contributed by atoms with Crippen molar-refractivity contribution in [2.75, 3.05) is 0 Å². The molecule has 6 heteroatoms. The summed E-state index contributed by atoms with van der Waals surface area (Å²) in [7, 11) is 0. The Balaban J connectivity index is 2.33. The molecule has 0 aromatic heterocycles. The molecule has 3 N–H and O–H groups in total. The number of nitrogens with one attached hydrogen (secondary N) is 1. The number of halogens is 4. The Hall–Kier alpha value is -0.460. The van der Waals surface area contributed by atoms with Gasteiger partial charge in [0.25, 0.3) is 0 Å². The molecule has 20 heavy (non-hydrogen) atoms. The molecule has 106 valence electrons. The molecule has 2 aromatic carbocycles. The van der Waals surface area contributed by atoms with Crippen molar-refractivity contribution in [3.63, 3.8) is 0 Å². The van der Waals surface area contributed by atoms with Crippen LogP contribution in [0.5, 0.6) is 0 Å². The minimum Gasteiger partial charge on any atom is -0.271 e. The smallest absolute Gasteiger partial charge is 0.123 e. The Morgan fingerprint density at radius 2 is 1.95 bits per heavy atom. The molecule has 0 fully saturated rings. The summed E-state index contributed by atoms with van der Waals surface area (Å²) >= 11 is 13.0. The lowest BCUT2D eigenvalue weighted by molar-refractivity contribution is 0.546. The third-order valence-electron chi connectivity index (χ3n) is 2.97. The van der Waals surface area contributed by atoms with Crippen molar-refractivity contribution in [1.82, 2.24) is 5.43 Å². The molecule has 0 bridgehead atoms. The van der Waals surface area contributed by atoms with Gasteiger partial charge in [0.05, 0.1) is 6.04 Å². The van der Waals surface area contributed by atoms with E-state index >= 15 is 0 Å². The fraction of sp³-hybridized carbons (Fsp3) is 0.143. The number of hydrazine groups is 1. The molecule has 2 aromatic rings. The lowest BCUT2D eigenvalue weighted by atomic mass is 9.99. The summed E-state index contributed by atoms with van der Waals surface area (Å²) in [6, 6.07) is 9.95. The highest BCUT2D eigenvalue weighted by Gasteiger charge is 2.16. The first-order chi connectivity index (χ1) is 9.51. The van der Waals surface area contributed by atoms with Crippen molar-refractivity contribution in [1.29, 1.82) is 0 Å². The van der Waals surface area contributed by atoms with E-state index in [-0.39, 0.29) is 11.9 Å². The minimum absolute atomic E-state index is 0.179. The third-order valence-corrected chi connectivity index (χ3v) is 4.55. The number of hydrogen-bond acceptors (Lipinski definition) is 2. The predicted molar refractivity (Wildman–Crippen MR) is 87.0 cm³/mol. The maximum Gasteiger partial charge on any atom is 0.123 e. The Morgan fingerprint density at radius 3 is 2.65 bits per heavy atom. The highest BCUT2D eigenvalue weighted by molar-refractivity contribution is 9.11. The Bertz CT molecular complexity index is 622. The van der Waals surface area contributed by atoms with Crippen LogP contribution in [0.15, 0.2) is 45.3 Å². The molecule has 0 heterocycles. The maximum absolute atomic E-state index is 13.3. The predicted octanol–water partition coefficient (Wildman–Crippen LogP) is 4.75. The molecule has 2 nitrogen and oxygen atoms in total. The molecule has 0 spiro atoms. The summed E-state index contributed by atoms with van der Waals surface area (Å²) in [6.45, 7) is 0. The molecule has 0 saturated carbocycles. The summed E-state index contributed by atoms with van der Waals surface area (Å²) in [6.07, 6.45) is 0.488. The molecule has 1 unspecified atom stereocenters. The van der Waals surface area contributed by atoms with Gasteiger partial charge in [-0.25, -0.2) is 4.39 Å². The number of benzene rings is 2. The molecule has 0 radical (unpaired) electrons. The zero-order valence-electron chi connectivity index (χ0n) is 10.3. The van der Waals surface area contributed by atoms with E-state index < -0.39 is 0 Å². The van der Waals surface area contributed by atoms with E-state index in [0.717, 1.165) is 14.5 Å². The maximum atomic E-state index is 13.3. The van der Waals surface area contributed by atoms with Crippen LogP contribution in [0, 0.1) is 5.82 Å². The summed E-state index contributed by atoms with van der Waals surface area (Å²) in [5.41, 5.74) is 4.43. The third kappa shape index (κ3) is 3.80. The molecular weight excluding hydrogens is 410 g/mol. The quantitative estimate of drug-likeness (QED) is 0.551. The second-order valence-corrected chi connectivity index (χ2v) is 6.50. The van der Waals surface area contributed by atoms with Crippen LogP contribution >= 0.6 is 43.5 Å². The van der Waals surface area contributed by atoms with Crippen LogP contribution in [0.1, 0.15) is 17.2 Å². The fourth-order valence-corrected chi connectivity index (χ4v) is 3.06. The van der Waals surface area contributed by atoms with Crippen LogP contribution in [0.25, 0.3) is 0 Å². The molecule has 2 rings (SSSR count). The minimum atomic E-state index is -0.312. The van der Waals surface area contributed by atoms with Gasteiger partial charge >= 0.3 is 0 Å². The average molecular weight is 423 g/mol. The summed E-state index contributed by atoms with van der Waals surface area (Å²) in [5.74, 6) is 5.33. The van der Waals surface area contributed by atoms with Crippen molar-refractivity contribution < 1.29 is 4.39 Å². The van der Waals surface area contributed by atoms with E-state index in [1.54, 1.807) is 6.07 Å². The van der Waals surface area contributed by atoms with Gasteiger partial charge in [0, 0.05) is 14.0 Å². The fourth-order valence-electron chi connectivity index (χ4n) is 1.96. The first-order valence-corrected chi connectivity index (χ1v) is 7.82. The molecule has 0 saturated heterocycles. The van der Waals surface area contributed by atoms with Gasteiger partial charge in [-0.15, -0.1) is 0 Å². The number of rotatable bonds is 4. The second kappa shape index (κ2) is 7.00. The van der Waals surface area contributed by atoms with Crippen LogP contribution in [-0.2, 0) is 6.42 Å². The van der Waals surface area contributed by atoms with E-state index in [2.05, 4.69) is 37.3 Å². The molecular formula is C14H12Br2ClFN2. The highest BCUT2D eigenvalue weighted by atomic mass is 79.9. The standard InChI is InChI=1S/C14H12Br2ClFN2/c15-9-1-3-12(16)11(7-9)14(20-19)6-8-5-10(18)2-4-13(8)17/h1-5,7,14,20H,6,19H2. The van der Waals surface area contributed by atoms with Gasteiger partial charge in [-0.1, -0.05) is 43.5 Å². The van der Waals surface area contributed by atoms with E-state index in [1.165, 1.54) is 12.1 Å². The van der Waals surface area contributed by atoms with Crippen molar-refractivity contribution in [2.24, 2.45) is 5.84 Å². The Labute approximate surface area is 138 Å². The van der Waals surface area contributed by atoms with Crippen LogP contribution in [0.3, 0.4) is 0 Å². The van der Waals surface area contributed by atoms with Gasteiger partial charge < -0.3 is 0 Å². The molecule has 0 aliphatic carbocycles. The van der Waals surface area contributed by atoms with Crippen LogP contribution in [0.4, 0.5) is 4.39 Å². The van der Waals surface area contributed by atoms with Crippen molar-refractivity contribution in [3.05, 3.63) is 67.3 Å². The topological polar surface area (TPSA) is 38.0 Å². The second-order valence-electron chi connectivity index (χ2n) is 4.32. The lowest BCUT2D eigenvalue weighted by Crippen LogP contribution is -2.30. The van der Waals surface area contributed by atoms with Crippen LogP contribution < -0.4 is 11.3 Å². The largest absolute Gasteiger partial charge is 0.271 e. The number of hydrogen-bond donors (Lipinski definition) is 2. The van der Waals surface area contributed by atoms with Crippen molar-refractivity contribution in [3.8, 4) is 0 Å². The molecule has 0 amide bonds. The SMILES string of the molecule is NNC(Cc1cc(F)ccc1Cl)c1cc(Br)ccc1Br. The lowest BCUT2D eigenvalue weighted by Gasteiger charge is -2.19. The Morgan fingerprint density at radius 1 is 1.20 bits per heavy atom. The van der Waals surface area contributed by atoms with Crippen LogP contribution in [-0.4, -0.2) is 0 Å². The van der Waals surface area contributed by atoms with E-state index in [0.29, 0.717) is 17.0 Å². The van der Waals surface area contributed by atoms with Gasteiger partial charge in [0.1, 0.15) is 5.82 Å². The Kier molecular flexibility index (Phi) is 5.57. The van der Waals surface area contributed by atoms with Crippen LogP contribution in [0.2, 0.25) is 5.02 Å². The van der Waals surface area contributed by atoms with Gasteiger partial charge in [-0.2, -0.15) is 0 Å². The first kappa shape index (κ1) is 15.9. The van der Waals surface area contributed by atoms with Gasteiger partial charge in [-0.3, -0.25) is 11.3 Å². The zero-order chi connectivity index (χ0) is 14.7. The summed E-state index contributed by atoms with van der Waals surface area (Å²) < 4.78 is 15.2. The van der Waals surface area contributed by atoms with E-state index in [9.17, 15) is 4.39 Å². The van der Waals surface area contributed by atoms with Gasteiger partial charge in [0.2, 0.25) is 0 Å². The van der Waals surface area contributed by atoms with E-state index in [1.807, 2.05) is 18.2 Å². The zero-order valence-corrected chi connectivity index (χ0v) is 14.3. The summed E-state index contributed by atoms with van der Waals surface area (Å²) in [5, 5.41) is 0.526. The van der Waals surface area contributed by atoms with E-state index in [4.69, 9.17) is 17.4 Å². The van der Waals surface area contributed by atoms with Crippen molar-refractivity contribution in [2.45, 2.75) is 12.5 Å². The molecule has 0 aliphatic heterocycles. The first-order valence-electron chi connectivity index (χ1n) is 5.86. The number of nitrogens with two attached hydrogens (primary N) is 1. The normalized spacial score (nSPS) is 12.4.